The fourth-order valence-corrected chi connectivity index (χ4v) is 2.22. The summed E-state index contributed by atoms with van der Waals surface area (Å²) in [5.74, 6) is 0.904. The van der Waals surface area contributed by atoms with Gasteiger partial charge in [0.1, 0.15) is 5.82 Å². The molecule has 1 aromatic rings. The number of aliphatic hydroxyl groups excluding tert-OH is 1. The summed E-state index contributed by atoms with van der Waals surface area (Å²) >= 11 is 0. The molecule has 1 saturated carbocycles. The van der Waals surface area contributed by atoms with Gasteiger partial charge in [0.25, 0.3) is 0 Å². The number of hydrogen-bond donors (Lipinski definition) is 3. The maximum atomic E-state index is 9.00. The van der Waals surface area contributed by atoms with Crippen LogP contribution >= 0.6 is 0 Å². The Balaban J connectivity index is 2.20. The van der Waals surface area contributed by atoms with Crippen molar-refractivity contribution in [3.05, 3.63) is 23.9 Å². The lowest BCUT2D eigenvalue weighted by Crippen LogP contribution is -2.41. The topological polar surface area (TPSA) is 95.0 Å². The summed E-state index contributed by atoms with van der Waals surface area (Å²) in [6.45, 7) is 0.941. The first-order chi connectivity index (χ1) is 9.26. The summed E-state index contributed by atoms with van der Waals surface area (Å²) in [6, 6.07) is 4.02. The predicted molar refractivity (Wildman–Crippen MR) is 73.4 cm³/mol. The second kappa shape index (κ2) is 6.38. The van der Waals surface area contributed by atoms with Crippen LogP contribution < -0.4 is 10.6 Å². The molecule has 0 spiro atoms. The first kappa shape index (κ1) is 13.6. The van der Waals surface area contributed by atoms with Crippen molar-refractivity contribution in [2.75, 3.05) is 18.1 Å². The van der Waals surface area contributed by atoms with Crippen molar-refractivity contribution < 1.29 is 10.3 Å². The average Bonchev–Trinajstić information content (AvgIpc) is 2.40. The Morgan fingerprint density at radius 2 is 2.32 bits per heavy atom. The highest BCUT2D eigenvalue weighted by molar-refractivity contribution is 5.97. The monoisotopic (exact) mass is 264 g/mol. The third-order valence-electron chi connectivity index (χ3n) is 3.52. The van der Waals surface area contributed by atoms with Gasteiger partial charge in [-0.25, -0.2) is 4.98 Å². The van der Waals surface area contributed by atoms with Gasteiger partial charge in [0.05, 0.1) is 0 Å². The molecule has 104 valence electrons. The van der Waals surface area contributed by atoms with Crippen LogP contribution in [-0.4, -0.2) is 40.3 Å². The zero-order valence-corrected chi connectivity index (χ0v) is 10.9. The molecule has 1 heterocycles. The number of anilines is 1. The van der Waals surface area contributed by atoms with Crippen LogP contribution in [0.5, 0.6) is 0 Å². The molecule has 0 amide bonds. The maximum absolute atomic E-state index is 9.00. The van der Waals surface area contributed by atoms with Gasteiger partial charge >= 0.3 is 0 Å². The van der Waals surface area contributed by atoms with Crippen LogP contribution in [0.4, 0.5) is 5.82 Å². The van der Waals surface area contributed by atoms with E-state index in [0.29, 0.717) is 18.0 Å². The van der Waals surface area contributed by atoms with E-state index in [-0.39, 0.29) is 12.4 Å². The van der Waals surface area contributed by atoms with E-state index >= 15 is 0 Å². The lowest BCUT2D eigenvalue weighted by atomic mass is 9.91. The highest BCUT2D eigenvalue weighted by Gasteiger charge is 2.25. The van der Waals surface area contributed by atoms with E-state index in [4.69, 9.17) is 16.0 Å². The third-order valence-corrected chi connectivity index (χ3v) is 3.52. The normalized spacial score (nSPS) is 16.2. The summed E-state index contributed by atoms with van der Waals surface area (Å²) in [5.41, 5.74) is 6.25. The van der Waals surface area contributed by atoms with Crippen LogP contribution in [0.1, 0.15) is 31.2 Å². The molecule has 1 fully saturated rings. The fourth-order valence-electron chi connectivity index (χ4n) is 2.22. The smallest absolute Gasteiger partial charge is 0.170 e. The van der Waals surface area contributed by atoms with Crippen LogP contribution in [0.15, 0.2) is 23.5 Å². The molecule has 0 unspecified atom stereocenters. The van der Waals surface area contributed by atoms with E-state index in [2.05, 4.69) is 15.0 Å². The second-order valence-corrected chi connectivity index (χ2v) is 4.74. The first-order valence-corrected chi connectivity index (χ1v) is 6.57. The van der Waals surface area contributed by atoms with Crippen LogP contribution in [0.2, 0.25) is 0 Å². The molecular weight excluding hydrogens is 244 g/mol. The van der Waals surface area contributed by atoms with Gasteiger partial charge in [-0.2, -0.15) is 0 Å². The molecule has 1 aromatic heterocycles. The van der Waals surface area contributed by atoms with E-state index in [1.807, 2.05) is 6.07 Å². The number of oxime groups is 1. The number of pyridine rings is 1. The lowest BCUT2D eigenvalue weighted by Gasteiger charge is -2.38. The molecule has 4 N–H and O–H groups in total. The Kier molecular flexibility index (Phi) is 4.57. The van der Waals surface area contributed by atoms with Crippen molar-refractivity contribution in [1.29, 1.82) is 0 Å². The molecule has 2 rings (SSSR count). The van der Waals surface area contributed by atoms with Crippen molar-refractivity contribution in [3.63, 3.8) is 0 Å². The molecule has 0 radical (unpaired) electrons. The fraction of sp³-hybridized carbons (Fsp3) is 0.538. The number of aromatic nitrogens is 1. The van der Waals surface area contributed by atoms with Gasteiger partial charge in [-0.1, -0.05) is 5.16 Å². The Bertz CT molecular complexity index is 446. The van der Waals surface area contributed by atoms with Crippen molar-refractivity contribution in [2.45, 2.75) is 31.7 Å². The Hall–Kier alpha value is -1.82. The van der Waals surface area contributed by atoms with Crippen LogP contribution in [0.25, 0.3) is 0 Å². The van der Waals surface area contributed by atoms with Crippen LogP contribution in [0, 0.1) is 0 Å². The van der Waals surface area contributed by atoms with Crippen molar-refractivity contribution in [1.82, 2.24) is 4.98 Å². The quantitative estimate of drug-likeness (QED) is 0.307. The van der Waals surface area contributed by atoms with Gasteiger partial charge in [-0.15, -0.1) is 0 Å². The van der Waals surface area contributed by atoms with E-state index in [0.717, 1.165) is 25.2 Å². The van der Waals surface area contributed by atoms with Crippen LogP contribution in [-0.2, 0) is 0 Å². The van der Waals surface area contributed by atoms with Gasteiger partial charge < -0.3 is 20.9 Å². The van der Waals surface area contributed by atoms with Crippen molar-refractivity contribution >= 4 is 11.7 Å². The zero-order chi connectivity index (χ0) is 13.7. The summed E-state index contributed by atoms with van der Waals surface area (Å²) in [5, 5.41) is 20.7. The van der Waals surface area contributed by atoms with Gasteiger partial charge in [-0.05, 0) is 37.8 Å². The number of aliphatic hydroxyl groups is 1. The molecule has 0 aromatic carbocycles. The SMILES string of the molecule is N/C(=N/O)c1ccnc(N(CCCO)C2CCC2)c1. The van der Waals surface area contributed by atoms with Gasteiger partial charge in [0, 0.05) is 31.0 Å². The Labute approximate surface area is 112 Å². The van der Waals surface area contributed by atoms with E-state index in [9.17, 15) is 0 Å². The predicted octanol–water partition coefficient (Wildman–Crippen LogP) is 0.917. The molecule has 6 nitrogen and oxygen atoms in total. The summed E-state index contributed by atoms with van der Waals surface area (Å²) in [7, 11) is 0. The Morgan fingerprint density at radius 1 is 1.53 bits per heavy atom. The van der Waals surface area contributed by atoms with Crippen molar-refractivity contribution in [3.8, 4) is 0 Å². The molecule has 0 saturated heterocycles. The Morgan fingerprint density at radius 3 is 2.89 bits per heavy atom. The van der Waals surface area contributed by atoms with Gasteiger partial charge in [0.15, 0.2) is 5.84 Å². The molecule has 1 aliphatic carbocycles. The van der Waals surface area contributed by atoms with Gasteiger partial charge in [-0.3, -0.25) is 0 Å². The number of amidine groups is 1. The molecule has 19 heavy (non-hydrogen) atoms. The molecular formula is C13H20N4O2. The molecule has 0 bridgehead atoms. The number of nitrogens with two attached hydrogens (primary N) is 1. The minimum absolute atomic E-state index is 0.0827. The zero-order valence-electron chi connectivity index (χ0n) is 10.9. The average molecular weight is 264 g/mol. The van der Waals surface area contributed by atoms with Crippen molar-refractivity contribution in [2.24, 2.45) is 10.9 Å². The molecule has 6 heteroatoms. The standard InChI is InChI=1S/C13H20N4O2/c14-13(16-19)10-5-6-15-12(9-10)17(7-2-8-18)11-3-1-4-11/h5-6,9,11,18-19H,1-4,7-8H2,(H2,14,16). The molecule has 0 atom stereocenters. The molecule has 1 aliphatic rings. The maximum Gasteiger partial charge on any atom is 0.170 e. The van der Waals surface area contributed by atoms with E-state index in [1.54, 1.807) is 12.3 Å². The first-order valence-electron chi connectivity index (χ1n) is 6.57. The number of rotatable bonds is 6. The largest absolute Gasteiger partial charge is 0.409 e. The highest BCUT2D eigenvalue weighted by atomic mass is 16.4. The van der Waals surface area contributed by atoms with Gasteiger partial charge in [0.2, 0.25) is 0 Å². The summed E-state index contributed by atoms with van der Waals surface area (Å²) < 4.78 is 0. The summed E-state index contributed by atoms with van der Waals surface area (Å²) in [4.78, 5) is 6.57. The minimum atomic E-state index is 0.0827. The molecule has 0 aliphatic heterocycles. The third kappa shape index (κ3) is 3.14. The second-order valence-electron chi connectivity index (χ2n) is 4.74. The summed E-state index contributed by atoms with van der Waals surface area (Å²) in [6.07, 6.45) is 5.92. The highest BCUT2D eigenvalue weighted by Crippen LogP contribution is 2.28. The lowest BCUT2D eigenvalue weighted by molar-refractivity contribution is 0.282. The minimum Gasteiger partial charge on any atom is -0.409 e. The van der Waals surface area contributed by atoms with Crippen LogP contribution in [0.3, 0.4) is 0 Å². The van der Waals surface area contributed by atoms with E-state index < -0.39 is 0 Å². The van der Waals surface area contributed by atoms with E-state index in [1.165, 1.54) is 6.42 Å². The number of nitrogens with zero attached hydrogens (tertiary/aromatic N) is 3. The number of hydrogen-bond acceptors (Lipinski definition) is 5.